The normalized spacial score (nSPS) is 11.3. The van der Waals surface area contributed by atoms with Gasteiger partial charge in [-0.2, -0.15) is 5.10 Å². The number of hydrogen-bond acceptors (Lipinski definition) is 6. The number of hydrogen-bond donors (Lipinski definition) is 2. The summed E-state index contributed by atoms with van der Waals surface area (Å²) < 4.78 is 1.80. The van der Waals surface area contributed by atoms with E-state index in [9.17, 15) is 9.90 Å². The Morgan fingerprint density at radius 2 is 2.11 bits per heavy atom. The summed E-state index contributed by atoms with van der Waals surface area (Å²) in [7, 11) is 0. The summed E-state index contributed by atoms with van der Waals surface area (Å²) in [6.07, 6.45) is 3.16. The average molecular weight is 393 g/mol. The third-order valence-electron chi connectivity index (χ3n) is 4.31. The van der Waals surface area contributed by atoms with E-state index in [0.29, 0.717) is 22.3 Å². The van der Waals surface area contributed by atoms with Gasteiger partial charge in [0.1, 0.15) is 0 Å². The second kappa shape index (κ2) is 7.05. The predicted molar refractivity (Wildman–Crippen MR) is 110 cm³/mol. The molecular formula is C20H19N5O2S. The van der Waals surface area contributed by atoms with Gasteiger partial charge in [0.05, 0.1) is 27.7 Å². The van der Waals surface area contributed by atoms with E-state index in [1.165, 1.54) is 17.1 Å². The lowest BCUT2D eigenvalue weighted by atomic mass is 10.1. The van der Waals surface area contributed by atoms with Crippen LogP contribution in [-0.2, 0) is 0 Å². The van der Waals surface area contributed by atoms with E-state index in [4.69, 9.17) is 4.98 Å². The number of rotatable bonds is 4. The lowest BCUT2D eigenvalue weighted by molar-refractivity contribution is 0.102. The average Bonchev–Trinajstić information content (AvgIpc) is 3.29. The number of anilines is 1. The van der Waals surface area contributed by atoms with Crippen LogP contribution in [0, 0.1) is 6.92 Å². The zero-order chi connectivity index (χ0) is 19.8. The lowest BCUT2D eigenvalue weighted by Crippen LogP contribution is -2.14. The van der Waals surface area contributed by atoms with Gasteiger partial charge in [0, 0.05) is 17.1 Å². The minimum Gasteiger partial charge on any atom is -0.504 e. The third kappa shape index (κ3) is 3.22. The molecule has 1 amide bonds. The molecule has 0 atom stereocenters. The summed E-state index contributed by atoms with van der Waals surface area (Å²) in [5.41, 5.74) is 1.79. The summed E-state index contributed by atoms with van der Waals surface area (Å²) >= 11 is 1.62. The summed E-state index contributed by atoms with van der Waals surface area (Å²) in [4.78, 5) is 24.0. The molecule has 4 aromatic rings. The Kier molecular flexibility index (Phi) is 4.56. The number of carbonyl (C=O) groups excluding carboxylic acids is 1. The van der Waals surface area contributed by atoms with Gasteiger partial charge >= 0.3 is 0 Å². The Morgan fingerprint density at radius 1 is 1.29 bits per heavy atom. The number of fused-ring (bicyclic) bond motifs is 1. The van der Waals surface area contributed by atoms with Crippen LogP contribution in [0.5, 0.6) is 5.75 Å². The summed E-state index contributed by atoms with van der Waals surface area (Å²) in [5, 5.41) is 17.7. The summed E-state index contributed by atoms with van der Waals surface area (Å²) in [6, 6.07) is 8.95. The van der Waals surface area contributed by atoms with Crippen LogP contribution in [0.2, 0.25) is 0 Å². The van der Waals surface area contributed by atoms with Gasteiger partial charge in [-0.1, -0.05) is 0 Å². The topological polar surface area (TPSA) is 92.9 Å². The Labute approximate surface area is 165 Å². The van der Waals surface area contributed by atoms with Crippen molar-refractivity contribution in [3.63, 3.8) is 0 Å². The fraction of sp³-hybridized carbons (Fsp3) is 0.200. The molecule has 0 spiro atoms. The van der Waals surface area contributed by atoms with E-state index >= 15 is 0 Å². The molecule has 4 heterocycles. The smallest absolute Gasteiger partial charge is 0.257 e. The van der Waals surface area contributed by atoms with Crippen LogP contribution in [0.4, 0.5) is 5.82 Å². The molecule has 4 rings (SSSR count). The third-order valence-corrected chi connectivity index (χ3v) is 5.33. The van der Waals surface area contributed by atoms with Crippen molar-refractivity contribution in [1.82, 2.24) is 19.7 Å². The second-order valence-electron chi connectivity index (χ2n) is 6.71. The van der Waals surface area contributed by atoms with E-state index in [2.05, 4.69) is 15.4 Å². The molecule has 0 aliphatic heterocycles. The van der Waals surface area contributed by atoms with Crippen molar-refractivity contribution >= 4 is 34.1 Å². The minimum absolute atomic E-state index is 0.0897. The molecule has 2 N–H and O–H groups in total. The van der Waals surface area contributed by atoms with Crippen LogP contribution in [0.3, 0.4) is 0 Å². The van der Waals surface area contributed by atoms with Gasteiger partial charge in [-0.3, -0.25) is 4.79 Å². The first-order chi connectivity index (χ1) is 13.4. The Balaban J connectivity index is 1.86. The van der Waals surface area contributed by atoms with Crippen molar-refractivity contribution in [3.8, 4) is 16.3 Å². The number of thiophene rings is 1. The Morgan fingerprint density at radius 3 is 2.79 bits per heavy atom. The van der Waals surface area contributed by atoms with Crippen LogP contribution >= 0.6 is 11.3 Å². The molecule has 0 aliphatic rings. The fourth-order valence-electron chi connectivity index (χ4n) is 2.95. The standard InChI is InChI=1S/C20H19N5O2S/c1-11(2)25-19-14(10-22-25)13(9-15(23-19)17-7-6-12(3)28-17)20(27)24-18-16(26)5-4-8-21-18/h4-11,26H,1-3H3,(H,21,24,27). The molecule has 0 radical (unpaired) electrons. The van der Waals surface area contributed by atoms with Crippen molar-refractivity contribution in [2.75, 3.05) is 5.32 Å². The van der Waals surface area contributed by atoms with Gasteiger partial charge in [0.25, 0.3) is 5.91 Å². The highest BCUT2D eigenvalue weighted by atomic mass is 32.1. The molecule has 28 heavy (non-hydrogen) atoms. The van der Waals surface area contributed by atoms with Gasteiger partial charge in [-0.15, -0.1) is 11.3 Å². The van der Waals surface area contributed by atoms with Gasteiger partial charge in [-0.25, -0.2) is 14.6 Å². The highest BCUT2D eigenvalue weighted by molar-refractivity contribution is 7.15. The van der Waals surface area contributed by atoms with E-state index < -0.39 is 0 Å². The summed E-state index contributed by atoms with van der Waals surface area (Å²) in [5.74, 6) is -0.352. The maximum atomic E-state index is 13.0. The van der Waals surface area contributed by atoms with Crippen LogP contribution in [-0.4, -0.2) is 30.8 Å². The largest absolute Gasteiger partial charge is 0.504 e. The monoisotopic (exact) mass is 393 g/mol. The molecule has 7 nitrogen and oxygen atoms in total. The Bertz CT molecular complexity index is 1180. The SMILES string of the molecule is Cc1ccc(-c2cc(C(=O)Nc3ncccc3O)c3cnn(C(C)C)c3n2)s1. The van der Waals surface area contributed by atoms with Crippen molar-refractivity contribution in [3.05, 3.63) is 53.2 Å². The number of carbonyl (C=O) groups is 1. The van der Waals surface area contributed by atoms with Crippen LogP contribution in [0.25, 0.3) is 21.6 Å². The lowest BCUT2D eigenvalue weighted by Gasteiger charge is -2.10. The molecule has 0 unspecified atom stereocenters. The molecule has 142 valence electrons. The van der Waals surface area contributed by atoms with Crippen molar-refractivity contribution < 1.29 is 9.90 Å². The van der Waals surface area contributed by atoms with Gasteiger partial charge < -0.3 is 10.4 Å². The van der Waals surface area contributed by atoms with E-state index in [1.807, 2.05) is 32.9 Å². The van der Waals surface area contributed by atoms with Crippen LogP contribution in [0.1, 0.15) is 35.1 Å². The summed E-state index contributed by atoms with van der Waals surface area (Å²) in [6.45, 7) is 6.06. The number of pyridine rings is 2. The number of aromatic nitrogens is 4. The Hall–Kier alpha value is -3.26. The number of aromatic hydroxyl groups is 1. The predicted octanol–water partition coefficient (Wildman–Crippen LogP) is 4.40. The van der Waals surface area contributed by atoms with Crippen LogP contribution in [0.15, 0.2) is 42.7 Å². The van der Waals surface area contributed by atoms with E-state index in [1.54, 1.807) is 34.3 Å². The molecule has 0 bridgehead atoms. The van der Waals surface area contributed by atoms with Gasteiger partial charge in [0.2, 0.25) is 0 Å². The zero-order valence-corrected chi connectivity index (χ0v) is 16.5. The fourth-order valence-corrected chi connectivity index (χ4v) is 3.78. The number of nitrogens with zero attached hydrogens (tertiary/aromatic N) is 4. The van der Waals surface area contributed by atoms with Gasteiger partial charge in [-0.05, 0) is 51.1 Å². The molecule has 0 saturated carbocycles. The molecule has 0 fully saturated rings. The van der Waals surface area contributed by atoms with E-state index in [0.717, 1.165) is 4.88 Å². The van der Waals surface area contributed by atoms with Crippen molar-refractivity contribution in [2.24, 2.45) is 0 Å². The first-order valence-electron chi connectivity index (χ1n) is 8.84. The molecule has 4 aromatic heterocycles. The number of amides is 1. The first-order valence-corrected chi connectivity index (χ1v) is 9.66. The maximum Gasteiger partial charge on any atom is 0.257 e. The number of aryl methyl sites for hydroxylation is 1. The molecule has 0 aromatic carbocycles. The molecule has 8 heteroatoms. The van der Waals surface area contributed by atoms with Crippen molar-refractivity contribution in [1.29, 1.82) is 0 Å². The van der Waals surface area contributed by atoms with Crippen LogP contribution < -0.4 is 5.32 Å². The zero-order valence-electron chi connectivity index (χ0n) is 15.7. The molecule has 0 saturated heterocycles. The molecular weight excluding hydrogens is 374 g/mol. The van der Waals surface area contributed by atoms with E-state index in [-0.39, 0.29) is 23.5 Å². The molecule has 0 aliphatic carbocycles. The highest BCUT2D eigenvalue weighted by Gasteiger charge is 2.20. The minimum atomic E-state index is -0.376. The van der Waals surface area contributed by atoms with Crippen molar-refractivity contribution in [2.45, 2.75) is 26.8 Å². The second-order valence-corrected chi connectivity index (χ2v) is 8.00. The quantitative estimate of drug-likeness (QED) is 0.536. The maximum absolute atomic E-state index is 13.0. The highest BCUT2D eigenvalue weighted by Crippen LogP contribution is 2.31. The first kappa shape index (κ1) is 18.1. The van der Waals surface area contributed by atoms with Gasteiger partial charge in [0.15, 0.2) is 17.2 Å². The number of nitrogens with one attached hydrogen (secondary N) is 1.